The first-order valence-corrected chi connectivity index (χ1v) is 9.89. The van der Waals surface area contributed by atoms with Crippen molar-refractivity contribution in [2.24, 2.45) is 0 Å². The molecule has 1 amide bonds. The van der Waals surface area contributed by atoms with Gasteiger partial charge in [0.1, 0.15) is 6.54 Å². The van der Waals surface area contributed by atoms with Gasteiger partial charge in [-0.15, -0.1) is 0 Å². The first-order valence-electron chi connectivity index (χ1n) is 8.45. The summed E-state index contributed by atoms with van der Waals surface area (Å²) >= 11 is 0. The van der Waals surface area contributed by atoms with Crippen LogP contribution in [-0.4, -0.2) is 26.9 Å². The topological polar surface area (TPSA) is 66.5 Å². The Hall–Kier alpha value is -2.34. The Morgan fingerprint density at radius 3 is 2.44 bits per heavy atom. The van der Waals surface area contributed by atoms with E-state index in [1.165, 1.54) is 4.31 Å². The normalized spacial score (nSPS) is 15.8. The van der Waals surface area contributed by atoms with E-state index in [9.17, 15) is 13.2 Å². The van der Waals surface area contributed by atoms with Crippen molar-refractivity contribution >= 4 is 21.6 Å². The summed E-state index contributed by atoms with van der Waals surface area (Å²) in [5.74, 6) is -0.293. The van der Waals surface area contributed by atoms with E-state index >= 15 is 0 Å². The number of rotatable bonds is 5. The Morgan fingerprint density at radius 2 is 1.72 bits per heavy atom. The molecule has 0 saturated heterocycles. The summed E-state index contributed by atoms with van der Waals surface area (Å²) in [5, 5.41) is 2.88. The van der Waals surface area contributed by atoms with Crippen molar-refractivity contribution in [1.29, 1.82) is 0 Å². The summed E-state index contributed by atoms with van der Waals surface area (Å²) in [4.78, 5) is 12.6. The Bertz CT molecular complexity index is 893. The number of hydrogen-bond acceptors (Lipinski definition) is 3. The molecule has 1 N–H and O–H groups in total. The van der Waals surface area contributed by atoms with Gasteiger partial charge in [-0.2, -0.15) is 0 Å². The van der Waals surface area contributed by atoms with Gasteiger partial charge in [0.25, 0.3) is 10.0 Å². The molecule has 0 fully saturated rings. The zero-order chi connectivity index (χ0) is 18.0. The number of carbonyl (C=O) groups excluding carboxylic acids is 1. The molecule has 3 rings (SSSR count). The number of hydrogen-bond donors (Lipinski definition) is 1. The monoisotopic (exact) mass is 358 g/mol. The zero-order valence-electron chi connectivity index (χ0n) is 14.4. The zero-order valence-corrected chi connectivity index (χ0v) is 15.2. The molecule has 0 radical (unpaired) electrons. The summed E-state index contributed by atoms with van der Waals surface area (Å²) < 4.78 is 27.3. The molecule has 1 aliphatic heterocycles. The molecule has 0 spiro atoms. The first kappa shape index (κ1) is 17.5. The molecular formula is C19H22N2O3S. The van der Waals surface area contributed by atoms with Crippen LogP contribution in [0.4, 0.5) is 5.69 Å². The summed E-state index contributed by atoms with van der Waals surface area (Å²) in [7, 11) is -3.77. The van der Waals surface area contributed by atoms with Crippen LogP contribution >= 0.6 is 0 Å². The Kier molecular flexibility index (Phi) is 4.81. The highest BCUT2D eigenvalue weighted by atomic mass is 32.2. The second-order valence-electron chi connectivity index (χ2n) is 6.28. The second-order valence-corrected chi connectivity index (χ2v) is 8.11. The average Bonchev–Trinajstić information content (AvgIpc) is 2.59. The SMILES string of the molecule is CCCC(C)NC(=O)CN1c2ccccc2-c2ccccc2S1(=O)=O. The van der Waals surface area contributed by atoms with Crippen LogP contribution in [0.3, 0.4) is 0 Å². The predicted octanol–water partition coefficient (Wildman–Crippen LogP) is 3.17. The number of para-hydroxylation sites is 1. The van der Waals surface area contributed by atoms with Crippen LogP contribution in [0.5, 0.6) is 0 Å². The number of carbonyl (C=O) groups is 1. The molecule has 1 aliphatic rings. The van der Waals surface area contributed by atoms with Crippen LogP contribution in [0.25, 0.3) is 11.1 Å². The lowest BCUT2D eigenvalue weighted by molar-refractivity contribution is -0.120. The van der Waals surface area contributed by atoms with Crippen molar-refractivity contribution in [2.75, 3.05) is 10.8 Å². The van der Waals surface area contributed by atoms with Crippen LogP contribution in [0.2, 0.25) is 0 Å². The molecule has 0 saturated carbocycles. The summed E-state index contributed by atoms with van der Waals surface area (Å²) in [6, 6.07) is 14.2. The summed E-state index contributed by atoms with van der Waals surface area (Å²) in [5.41, 5.74) is 2.04. The van der Waals surface area contributed by atoms with Gasteiger partial charge in [0, 0.05) is 17.2 Å². The number of fused-ring (bicyclic) bond motifs is 3. The third-order valence-corrected chi connectivity index (χ3v) is 6.15. The number of nitrogens with zero attached hydrogens (tertiary/aromatic N) is 1. The number of amides is 1. The molecule has 0 aliphatic carbocycles. The van der Waals surface area contributed by atoms with E-state index in [2.05, 4.69) is 5.32 Å². The molecule has 1 heterocycles. The third-order valence-electron chi connectivity index (χ3n) is 4.33. The van der Waals surface area contributed by atoms with Crippen molar-refractivity contribution < 1.29 is 13.2 Å². The highest BCUT2D eigenvalue weighted by molar-refractivity contribution is 7.93. The van der Waals surface area contributed by atoms with Gasteiger partial charge in [0.2, 0.25) is 5.91 Å². The van der Waals surface area contributed by atoms with Gasteiger partial charge in [-0.05, 0) is 25.5 Å². The molecular weight excluding hydrogens is 336 g/mol. The van der Waals surface area contributed by atoms with E-state index < -0.39 is 10.0 Å². The molecule has 25 heavy (non-hydrogen) atoms. The van der Waals surface area contributed by atoms with Crippen molar-refractivity contribution in [3.05, 3.63) is 48.5 Å². The molecule has 132 valence electrons. The van der Waals surface area contributed by atoms with E-state index in [-0.39, 0.29) is 23.4 Å². The predicted molar refractivity (Wildman–Crippen MR) is 98.9 cm³/mol. The molecule has 1 atom stereocenters. The maximum absolute atomic E-state index is 13.1. The maximum Gasteiger partial charge on any atom is 0.265 e. The molecule has 0 bridgehead atoms. The largest absolute Gasteiger partial charge is 0.352 e. The van der Waals surface area contributed by atoms with Crippen LogP contribution in [0, 0.1) is 0 Å². The molecule has 5 nitrogen and oxygen atoms in total. The van der Waals surface area contributed by atoms with Gasteiger partial charge in [0.05, 0.1) is 10.6 Å². The van der Waals surface area contributed by atoms with E-state index in [0.29, 0.717) is 11.3 Å². The molecule has 2 aromatic rings. The van der Waals surface area contributed by atoms with Gasteiger partial charge >= 0.3 is 0 Å². The van der Waals surface area contributed by atoms with Crippen LogP contribution in [0.15, 0.2) is 53.4 Å². The Balaban J connectivity index is 1.99. The fourth-order valence-electron chi connectivity index (χ4n) is 3.21. The molecule has 6 heteroatoms. The minimum Gasteiger partial charge on any atom is -0.352 e. The lowest BCUT2D eigenvalue weighted by Gasteiger charge is -2.31. The molecule has 0 aromatic heterocycles. The summed E-state index contributed by atoms with van der Waals surface area (Å²) in [6.45, 7) is 3.75. The summed E-state index contributed by atoms with van der Waals surface area (Å²) in [6.07, 6.45) is 1.82. The van der Waals surface area contributed by atoms with Crippen molar-refractivity contribution in [3.8, 4) is 11.1 Å². The van der Waals surface area contributed by atoms with Crippen LogP contribution < -0.4 is 9.62 Å². The van der Waals surface area contributed by atoms with Crippen molar-refractivity contribution in [1.82, 2.24) is 5.32 Å². The van der Waals surface area contributed by atoms with Crippen LogP contribution in [-0.2, 0) is 14.8 Å². The van der Waals surface area contributed by atoms with E-state index in [1.807, 2.05) is 32.0 Å². The van der Waals surface area contributed by atoms with Gasteiger partial charge in [0.15, 0.2) is 0 Å². The minimum atomic E-state index is -3.77. The minimum absolute atomic E-state index is 0.0209. The lowest BCUT2D eigenvalue weighted by Crippen LogP contribution is -2.44. The van der Waals surface area contributed by atoms with E-state index in [1.54, 1.807) is 30.3 Å². The highest BCUT2D eigenvalue weighted by Gasteiger charge is 2.35. The fourth-order valence-corrected chi connectivity index (χ4v) is 4.86. The average molecular weight is 358 g/mol. The van der Waals surface area contributed by atoms with Crippen molar-refractivity contribution in [3.63, 3.8) is 0 Å². The van der Waals surface area contributed by atoms with Crippen LogP contribution in [0.1, 0.15) is 26.7 Å². The molecule has 1 unspecified atom stereocenters. The number of sulfonamides is 1. The van der Waals surface area contributed by atoms with E-state index in [4.69, 9.17) is 0 Å². The van der Waals surface area contributed by atoms with Gasteiger partial charge in [-0.1, -0.05) is 49.7 Å². The number of anilines is 1. The smallest absolute Gasteiger partial charge is 0.265 e. The van der Waals surface area contributed by atoms with Crippen molar-refractivity contribution in [2.45, 2.75) is 37.6 Å². The second kappa shape index (κ2) is 6.88. The quantitative estimate of drug-likeness (QED) is 0.893. The van der Waals surface area contributed by atoms with Gasteiger partial charge in [-0.3, -0.25) is 9.10 Å². The van der Waals surface area contributed by atoms with Gasteiger partial charge < -0.3 is 5.32 Å². The lowest BCUT2D eigenvalue weighted by atomic mass is 10.0. The Labute approximate surface area is 148 Å². The fraction of sp³-hybridized carbons (Fsp3) is 0.316. The third kappa shape index (κ3) is 3.26. The van der Waals surface area contributed by atoms with Gasteiger partial charge in [-0.25, -0.2) is 8.42 Å². The first-order chi connectivity index (χ1) is 11.9. The maximum atomic E-state index is 13.1. The number of nitrogens with one attached hydrogen (secondary N) is 1. The molecule has 2 aromatic carbocycles. The number of benzene rings is 2. The van der Waals surface area contributed by atoms with E-state index in [0.717, 1.165) is 18.4 Å². The highest BCUT2D eigenvalue weighted by Crippen LogP contribution is 2.42. The Morgan fingerprint density at radius 1 is 1.08 bits per heavy atom. The standard InChI is InChI=1S/C19H22N2O3S/c1-3-8-14(2)20-19(22)13-21-17-11-6-4-9-15(17)16-10-5-7-12-18(16)25(21,23)24/h4-7,9-12,14H,3,8,13H2,1-2H3,(H,20,22).